The number of hydrogen-bond acceptors (Lipinski definition) is 3. The second-order valence-corrected chi connectivity index (χ2v) is 7.34. The molecule has 1 saturated heterocycles. The normalized spacial score (nSPS) is 19.0. The molecule has 0 bridgehead atoms. The van der Waals surface area contributed by atoms with E-state index in [0.717, 1.165) is 11.1 Å². The van der Waals surface area contributed by atoms with E-state index in [9.17, 15) is 9.59 Å². The Labute approximate surface area is 147 Å². The van der Waals surface area contributed by atoms with Gasteiger partial charge in [-0.3, -0.25) is 9.59 Å². The van der Waals surface area contributed by atoms with Crippen molar-refractivity contribution in [1.82, 2.24) is 4.90 Å². The van der Waals surface area contributed by atoms with Crippen molar-refractivity contribution in [3.63, 3.8) is 0 Å². The van der Waals surface area contributed by atoms with Crippen LogP contribution in [-0.4, -0.2) is 35.3 Å². The van der Waals surface area contributed by atoms with Gasteiger partial charge in [-0.15, -0.1) is 0 Å². The lowest BCUT2D eigenvalue weighted by atomic mass is 9.81. The number of fused-ring (bicyclic) bond motifs is 1. The van der Waals surface area contributed by atoms with Crippen LogP contribution in [0.25, 0.3) is 0 Å². The second kappa shape index (κ2) is 5.92. The predicted molar refractivity (Wildman–Crippen MR) is 93.9 cm³/mol. The van der Waals surface area contributed by atoms with Crippen LogP contribution in [0.1, 0.15) is 47.7 Å². The van der Waals surface area contributed by atoms with E-state index in [4.69, 9.17) is 16.3 Å². The van der Waals surface area contributed by atoms with Gasteiger partial charge >= 0.3 is 0 Å². The molecule has 1 aromatic carbocycles. The van der Waals surface area contributed by atoms with Crippen LogP contribution in [0, 0.1) is 13.8 Å². The third kappa shape index (κ3) is 2.73. The zero-order valence-corrected chi connectivity index (χ0v) is 15.1. The lowest BCUT2D eigenvalue weighted by Crippen LogP contribution is -2.52. The topological polar surface area (TPSA) is 46.6 Å². The highest BCUT2D eigenvalue weighted by atomic mass is 35.5. The average molecular weight is 348 g/mol. The van der Waals surface area contributed by atoms with Crippen LogP contribution in [0.2, 0.25) is 5.02 Å². The first-order valence-electron chi connectivity index (χ1n) is 8.21. The van der Waals surface area contributed by atoms with Gasteiger partial charge in [0.15, 0.2) is 5.78 Å². The Hall–Kier alpha value is -1.81. The summed E-state index contributed by atoms with van der Waals surface area (Å²) >= 11 is 6.28. The van der Waals surface area contributed by atoms with E-state index in [1.807, 2.05) is 19.9 Å². The van der Waals surface area contributed by atoms with Crippen LogP contribution in [0.3, 0.4) is 0 Å². The van der Waals surface area contributed by atoms with Crippen LogP contribution >= 0.6 is 11.6 Å². The summed E-state index contributed by atoms with van der Waals surface area (Å²) in [4.78, 5) is 26.6. The van der Waals surface area contributed by atoms with Gasteiger partial charge in [0, 0.05) is 36.5 Å². The van der Waals surface area contributed by atoms with Gasteiger partial charge in [-0.2, -0.15) is 0 Å². The highest BCUT2D eigenvalue weighted by molar-refractivity contribution is 6.32. The number of likely N-dealkylation sites (tertiary alicyclic amines) is 1. The van der Waals surface area contributed by atoms with Gasteiger partial charge in [-0.25, -0.2) is 0 Å². The largest absolute Gasteiger partial charge is 0.486 e. The fourth-order valence-corrected chi connectivity index (χ4v) is 3.81. The number of aryl methyl sites for hydroxylation is 1. The molecule has 128 valence electrons. The summed E-state index contributed by atoms with van der Waals surface area (Å²) in [5.74, 6) is 0.687. The third-order valence-corrected chi connectivity index (χ3v) is 5.64. The predicted octanol–water partition coefficient (Wildman–Crippen LogP) is 3.86. The van der Waals surface area contributed by atoms with E-state index < -0.39 is 5.60 Å². The molecule has 1 amide bonds. The van der Waals surface area contributed by atoms with E-state index in [-0.39, 0.29) is 11.7 Å². The van der Waals surface area contributed by atoms with E-state index in [0.29, 0.717) is 54.3 Å². The number of ketones is 1. The maximum atomic E-state index is 12.7. The number of ether oxygens (including phenoxy) is 1. The minimum Gasteiger partial charge on any atom is -0.486 e. The van der Waals surface area contributed by atoms with E-state index in [2.05, 4.69) is 6.58 Å². The lowest BCUT2D eigenvalue weighted by Gasteiger charge is -2.44. The second-order valence-electron chi connectivity index (χ2n) is 6.96. The van der Waals surface area contributed by atoms with Gasteiger partial charge < -0.3 is 9.64 Å². The number of carbonyl (C=O) groups excluding carboxylic acids is 2. The number of rotatable bonds is 1. The van der Waals surface area contributed by atoms with Crippen molar-refractivity contribution in [1.29, 1.82) is 0 Å². The Morgan fingerprint density at radius 3 is 2.54 bits per heavy atom. The van der Waals surface area contributed by atoms with Crippen molar-refractivity contribution in [2.45, 2.75) is 45.6 Å². The molecule has 0 N–H and O–H groups in total. The minimum atomic E-state index is -0.511. The van der Waals surface area contributed by atoms with Crippen molar-refractivity contribution >= 4 is 23.3 Å². The first-order chi connectivity index (χ1) is 11.2. The molecule has 4 nitrogen and oxygen atoms in total. The maximum absolute atomic E-state index is 12.7. The molecule has 2 heterocycles. The first-order valence-corrected chi connectivity index (χ1v) is 8.58. The monoisotopic (exact) mass is 347 g/mol. The van der Waals surface area contributed by atoms with Crippen molar-refractivity contribution in [2.24, 2.45) is 0 Å². The van der Waals surface area contributed by atoms with Crippen LogP contribution in [0.5, 0.6) is 5.75 Å². The molecule has 5 heteroatoms. The number of Topliss-reactive ketones (excluding diaryl/α,β-unsaturated/α-hetero) is 1. The van der Waals surface area contributed by atoms with Crippen LogP contribution < -0.4 is 4.74 Å². The summed E-state index contributed by atoms with van der Waals surface area (Å²) < 4.78 is 6.30. The molecule has 2 aliphatic rings. The summed E-state index contributed by atoms with van der Waals surface area (Å²) in [7, 11) is 0. The van der Waals surface area contributed by atoms with Crippen LogP contribution in [0.15, 0.2) is 18.2 Å². The number of piperidine rings is 1. The molecule has 1 fully saturated rings. The highest BCUT2D eigenvalue weighted by Crippen LogP contribution is 2.43. The number of benzene rings is 1. The number of nitrogens with zero attached hydrogens (tertiary/aromatic N) is 1. The summed E-state index contributed by atoms with van der Waals surface area (Å²) in [6.07, 6.45) is 1.64. The fourth-order valence-electron chi connectivity index (χ4n) is 3.67. The average Bonchev–Trinajstić information content (AvgIpc) is 2.52. The fraction of sp³-hybridized carbons (Fsp3) is 0.474. The number of carbonyl (C=O) groups is 2. The van der Waals surface area contributed by atoms with Gasteiger partial charge in [0.1, 0.15) is 11.4 Å². The molecule has 0 aromatic heterocycles. The minimum absolute atomic E-state index is 0.0224. The number of amides is 1. The van der Waals surface area contributed by atoms with Crippen molar-refractivity contribution in [2.75, 3.05) is 13.1 Å². The van der Waals surface area contributed by atoms with Crippen LogP contribution in [-0.2, 0) is 4.79 Å². The Balaban J connectivity index is 1.86. The SMILES string of the molecule is C=C(C)C(=O)N1CCC2(CC1)CC(=O)c1c(cc(C)c(Cl)c1C)O2. The lowest BCUT2D eigenvalue weighted by molar-refractivity contribution is -0.130. The molecule has 0 saturated carbocycles. The Morgan fingerprint density at radius 2 is 1.96 bits per heavy atom. The maximum Gasteiger partial charge on any atom is 0.248 e. The van der Waals surface area contributed by atoms with Crippen molar-refractivity contribution in [3.8, 4) is 5.75 Å². The molecular weight excluding hydrogens is 326 g/mol. The van der Waals surface area contributed by atoms with Gasteiger partial charge in [0.2, 0.25) is 5.91 Å². The molecule has 3 rings (SSSR count). The molecule has 24 heavy (non-hydrogen) atoms. The summed E-state index contributed by atoms with van der Waals surface area (Å²) in [5, 5.41) is 0.628. The van der Waals surface area contributed by atoms with Gasteiger partial charge in [-0.05, 0) is 38.0 Å². The Morgan fingerprint density at radius 1 is 1.33 bits per heavy atom. The number of hydrogen-bond donors (Lipinski definition) is 0. The van der Waals surface area contributed by atoms with E-state index >= 15 is 0 Å². The standard InChI is InChI=1S/C19H22ClNO3/c1-11(2)18(23)21-7-5-19(6-8-21)10-14(22)16-13(4)17(20)12(3)9-15(16)24-19/h9H,1,5-8,10H2,2-4H3. The Kier molecular flexibility index (Phi) is 4.20. The highest BCUT2D eigenvalue weighted by Gasteiger charge is 2.44. The van der Waals surface area contributed by atoms with Gasteiger partial charge in [-0.1, -0.05) is 18.2 Å². The molecule has 2 aliphatic heterocycles. The first kappa shape index (κ1) is 17.0. The molecule has 0 radical (unpaired) electrons. The van der Waals surface area contributed by atoms with Gasteiger partial charge in [0.05, 0.1) is 12.0 Å². The molecular formula is C19H22ClNO3. The quantitative estimate of drug-likeness (QED) is 0.725. The smallest absolute Gasteiger partial charge is 0.248 e. The molecule has 1 spiro atoms. The third-order valence-electron chi connectivity index (χ3n) is 5.06. The molecule has 0 atom stereocenters. The van der Waals surface area contributed by atoms with E-state index in [1.165, 1.54) is 0 Å². The van der Waals surface area contributed by atoms with Crippen molar-refractivity contribution < 1.29 is 14.3 Å². The van der Waals surface area contributed by atoms with Gasteiger partial charge in [0.25, 0.3) is 0 Å². The van der Waals surface area contributed by atoms with Crippen LogP contribution in [0.4, 0.5) is 0 Å². The molecule has 1 aromatic rings. The zero-order valence-electron chi connectivity index (χ0n) is 14.4. The van der Waals surface area contributed by atoms with Crippen molar-refractivity contribution in [3.05, 3.63) is 39.9 Å². The number of halogens is 1. The zero-order chi connectivity index (χ0) is 17.6. The van der Waals surface area contributed by atoms with E-state index in [1.54, 1.807) is 11.8 Å². The Bertz CT molecular complexity index is 745. The molecule has 0 aliphatic carbocycles. The summed E-state index contributed by atoms with van der Waals surface area (Å²) in [6, 6.07) is 1.86. The summed E-state index contributed by atoms with van der Waals surface area (Å²) in [5.41, 5.74) is 2.34. The summed E-state index contributed by atoms with van der Waals surface area (Å²) in [6.45, 7) is 10.4. The molecule has 0 unspecified atom stereocenters.